The van der Waals surface area contributed by atoms with Crippen molar-refractivity contribution in [2.45, 2.75) is 12.8 Å². The molecule has 6 nitrogen and oxygen atoms in total. The lowest BCUT2D eigenvalue weighted by molar-refractivity contribution is 0.102. The second-order valence-electron chi connectivity index (χ2n) is 6.23. The third-order valence-electron chi connectivity index (χ3n) is 4.58. The quantitative estimate of drug-likeness (QED) is 0.800. The molecule has 144 valence electrons. The average molecular weight is 391 g/mol. The number of hydrogen-bond acceptors (Lipinski definition) is 5. The molecule has 0 atom stereocenters. The van der Waals surface area contributed by atoms with Crippen LogP contribution in [0, 0.1) is 0 Å². The minimum atomic E-state index is -0.292. The fraction of sp³-hybridized carbons (Fsp3) is 0.350. The molecule has 0 saturated carbocycles. The van der Waals surface area contributed by atoms with Crippen LogP contribution in [0.5, 0.6) is 17.2 Å². The Hall–Kier alpha value is -2.60. The van der Waals surface area contributed by atoms with Gasteiger partial charge in [-0.25, -0.2) is 0 Å². The largest absolute Gasteiger partial charge is 0.493 e. The number of benzene rings is 2. The first-order valence-corrected chi connectivity index (χ1v) is 9.11. The van der Waals surface area contributed by atoms with E-state index in [1.54, 1.807) is 18.2 Å². The normalized spacial score (nSPS) is 13.4. The van der Waals surface area contributed by atoms with Crippen molar-refractivity contribution in [2.24, 2.45) is 0 Å². The van der Waals surface area contributed by atoms with Crippen molar-refractivity contribution in [3.05, 3.63) is 40.9 Å². The first kappa shape index (κ1) is 19.2. The van der Waals surface area contributed by atoms with Crippen LogP contribution in [0.15, 0.2) is 30.3 Å². The first-order valence-electron chi connectivity index (χ1n) is 8.73. The van der Waals surface area contributed by atoms with Crippen molar-refractivity contribution in [2.75, 3.05) is 44.6 Å². The molecule has 27 heavy (non-hydrogen) atoms. The zero-order valence-electron chi connectivity index (χ0n) is 15.7. The fourth-order valence-corrected chi connectivity index (χ4v) is 3.51. The molecule has 2 aromatic carbocycles. The summed E-state index contributed by atoms with van der Waals surface area (Å²) in [6, 6.07) is 8.78. The molecule has 1 fully saturated rings. The molecule has 0 aromatic heterocycles. The number of carbonyl (C=O) groups is 1. The Morgan fingerprint density at radius 1 is 1.00 bits per heavy atom. The fourth-order valence-electron chi connectivity index (χ4n) is 3.21. The van der Waals surface area contributed by atoms with Crippen LogP contribution in [-0.4, -0.2) is 40.3 Å². The molecule has 0 unspecified atom stereocenters. The summed E-state index contributed by atoms with van der Waals surface area (Å²) in [6.45, 7) is 2.02. The number of anilines is 2. The van der Waals surface area contributed by atoms with Gasteiger partial charge in [0, 0.05) is 24.3 Å². The van der Waals surface area contributed by atoms with E-state index in [-0.39, 0.29) is 5.91 Å². The van der Waals surface area contributed by atoms with Gasteiger partial charge in [0.05, 0.1) is 32.0 Å². The summed E-state index contributed by atoms with van der Waals surface area (Å²) in [5, 5.41) is 3.49. The second-order valence-corrected chi connectivity index (χ2v) is 6.64. The number of ether oxygens (including phenoxy) is 3. The monoisotopic (exact) mass is 390 g/mol. The Bertz CT molecular complexity index is 810. The van der Waals surface area contributed by atoms with Crippen LogP contribution in [0.25, 0.3) is 0 Å². The predicted octanol–water partition coefficient (Wildman–Crippen LogP) is 4.22. The highest BCUT2D eigenvalue weighted by molar-refractivity contribution is 6.33. The van der Waals surface area contributed by atoms with E-state index in [0.717, 1.165) is 18.8 Å². The predicted molar refractivity (Wildman–Crippen MR) is 107 cm³/mol. The maximum absolute atomic E-state index is 12.7. The Balaban J connectivity index is 1.82. The van der Waals surface area contributed by atoms with Crippen molar-refractivity contribution < 1.29 is 19.0 Å². The van der Waals surface area contributed by atoms with Crippen LogP contribution in [0.4, 0.5) is 11.4 Å². The average Bonchev–Trinajstić information content (AvgIpc) is 3.21. The van der Waals surface area contributed by atoms with Gasteiger partial charge in [0.25, 0.3) is 5.91 Å². The van der Waals surface area contributed by atoms with Gasteiger partial charge in [-0.05, 0) is 43.2 Å². The summed E-state index contributed by atoms with van der Waals surface area (Å²) in [7, 11) is 4.54. The van der Waals surface area contributed by atoms with Crippen molar-refractivity contribution in [1.82, 2.24) is 0 Å². The Morgan fingerprint density at radius 2 is 1.63 bits per heavy atom. The highest BCUT2D eigenvalue weighted by atomic mass is 35.5. The van der Waals surface area contributed by atoms with Crippen LogP contribution in [0.2, 0.25) is 5.02 Å². The zero-order chi connectivity index (χ0) is 19.4. The standard InChI is InChI=1S/C20H23ClN2O4/c1-25-17-10-13(11-18(26-2)19(17)27-3)20(24)22-14-6-7-16(15(21)12-14)23-8-4-5-9-23/h6-7,10-12H,4-5,8-9H2,1-3H3,(H,22,24). The number of hydrogen-bond donors (Lipinski definition) is 1. The molecule has 7 heteroatoms. The molecule has 1 saturated heterocycles. The topological polar surface area (TPSA) is 60.0 Å². The molecular weight excluding hydrogens is 368 g/mol. The van der Waals surface area contributed by atoms with Gasteiger partial charge in [-0.2, -0.15) is 0 Å². The Kier molecular flexibility index (Phi) is 5.96. The van der Waals surface area contributed by atoms with E-state index in [1.165, 1.54) is 34.2 Å². The molecule has 1 heterocycles. The van der Waals surface area contributed by atoms with E-state index < -0.39 is 0 Å². The molecule has 1 aliphatic rings. The van der Waals surface area contributed by atoms with E-state index in [1.807, 2.05) is 12.1 Å². The van der Waals surface area contributed by atoms with Crippen molar-refractivity contribution in [3.8, 4) is 17.2 Å². The molecule has 0 spiro atoms. The molecule has 0 aliphatic carbocycles. The lowest BCUT2D eigenvalue weighted by Gasteiger charge is -2.19. The number of nitrogens with one attached hydrogen (secondary N) is 1. The minimum Gasteiger partial charge on any atom is -0.493 e. The van der Waals surface area contributed by atoms with Gasteiger partial charge in [0.15, 0.2) is 11.5 Å². The van der Waals surface area contributed by atoms with E-state index in [9.17, 15) is 4.79 Å². The van der Waals surface area contributed by atoms with Crippen molar-refractivity contribution >= 4 is 28.9 Å². The molecule has 1 N–H and O–H groups in total. The molecule has 1 amide bonds. The van der Waals surface area contributed by atoms with Crippen molar-refractivity contribution in [3.63, 3.8) is 0 Å². The Morgan fingerprint density at radius 3 is 2.15 bits per heavy atom. The molecule has 1 aliphatic heterocycles. The number of nitrogens with zero attached hydrogens (tertiary/aromatic N) is 1. The Labute approximate surface area is 164 Å². The third-order valence-corrected chi connectivity index (χ3v) is 4.88. The maximum atomic E-state index is 12.7. The van der Waals surface area contributed by atoms with Crippen LogP contribution in [0.1, 0.15) is 23.2 Å². The van der Waals surface area contributed by atoms with Gasteiger partial charge >= 0.3 is 0 Å². The summed E-state index contributed by atoms with van der Waals surface area (Å²) < 4.78 is 15.9. The number of halogens is 1. The van der Waals surface area contributed by atoms with Crippen LogP contribution >= 0.6 is 11.6 Å². The van der Waals surface area contributed by atoms with Gasteiger partial charge in [-0.1, -0.05) is 11.6 Å². The summed E-state index contributed by atoms with van der Waals surface area (Å²) in [4.78, 5) is 14.9. The number of methoxy groups -OCH3 is 3. The molecule has 0 radical (unpaired) electrons. The zero-order valence-corrected chi connectivity index (χ0v) is 16.4. The van der Waals surface area contributed by atoms with Crippen LogP contribution in [-0.2, 0) is 0 Å². The smallest absolute Gasteiger partial charge is 0.255 e. The van der Waals surface area contributed by atoms with E-state index in [0.29, 0.717) is 33.5 Å². The highest BCUT2D eigenvalue weighted by Gasteiger charge is 2.18. The van der Waals surface area contributed by atoms with Crippen molar-refractivity contribution in [1.29, 1.82) is 0 Å². The van der Waals surface area contributed by atoms with Crippen LogP contribution in [0.3, 0.4) is 0 Å². The summed E-state index contributed by atoms with van der Waals surface area (Å²) >= 11 is 6.42. The highest BCUT2D eigenvalue weighted by Crippen LogP contribution is 2.38. The number of amides is 1. The van der Waals surface area contributed by atoms with Gasteiger partial charge in [-0.15, -0.1) is 0 Å². The van der Waals surface area contributed by atoms with Gasteiger partial charge in [0.2, 0.25) is 5.75 Å². The lowest BCUT2D eigenvalue weighted by atomic mass is 10.1. The lowest BCUT2D eigenvalue weighted by Crippen LogP contribution is -2.18. The SMILES string of the molecule is COc1cc(C(=O)Nc2ccc(N3CCCC3)c(Cl)c2)cc(OC)c1OC. The maximum Gasteiger partial charge on any atom is 0.255 e. The summed E-state index contributed by atoms with van der Waals surface area (Å²) in [5.74, 6) is 0.989. The molecule has 3 rings (SSSR count). The summed E-state index contributed by atoms with van der Waals surface area (Å²) in [6.07, 6.45) is 2.35. The van der Waals surface area contributed by atoms with Gasteiger partial charge in [0.1, 0.15) is 0 Å². The molecule has 0 bridgehead atoms. The second kappa shape index (κ2) is 8.39. The first-order chi connectivity index (χ1) is 13.1. The molecule has 2 aromatic rings. The number of rotatable bonds is 6. The van der Waals surface area contributed by atoms with E-state index in [4.69, 9.17) is 25.8 Å². The number of carbonyl (C=O) groups excluding carboxylic acids is 1. The third kappa shape index (κ3) is 4.06. The van der Waals surface area contributed by atoms with Gasteiger partial charge in [-0.3, -0.25) is 4.79 Å². The van der Waals surface area contributed by atoms with E-state index >= 15 is 0 Å². The van der Waals surface area contributed by atoms with Gasteiger partial charge < -0.3 is 24.4 Å². The van der Waals surface area contributed by atoms with E-state index in [2.05, 4.69) is 10.2 Å². The molecular formula is C20H23ClN2O4. The summed E-state index contributed by atoms with van der Waals surface area (Å²) in [5.41, 5.74) is 2.02. The van der Waals surface area contributed by atoms with Crippen LogP contribution < -0.4 is 24.4 Å². The minimum absolute atomic E-state index is 0.292.